The maximum Gasteiger partial charge on any atom is 0.255 e. The van der Waals surface area contributed by atoms with E-state index in [0.717, 1.165) is 40.7 Å². The summed E-state index contributed by atoms with van der Waals surface area (Å²) < 4.78 is 1.83. The molecule has 0 spiro atoms. The lowest BCUT2D eigenvalue weighted by Gasteiger charge is -2.32. The standard InChI is InChI=1S/C21H21ClN4O2S2/c1-25-8-10-26(11-9-25)19(27)13-29-21-24-17-7-6-16(12-18(17)30-21)23-20(28)14-2-4-15(22)5-3-14/h2-7,12H,8-11,13H2,1H3,(H,23,28). The van der Waals surface area contributed by atoms with Gasteiger partial charge in [0.25, 0.3) is 5.91 Å². The number of anilines is 1. The molecule has 0 saturated carbocycles. The molecule has 1 N–H and O–H groups in total. The zero-order valence-electron chi connectivity index (χ0n) is 16.4. The number of carbonyl (C=O) groups excluding carboxylic acids is 2. The normalized spacial score (nSPS) is 14.8. The number of hydrogen-bond acceptors (Lipinski definition) is 6. The molecule has 156 valence electrons. The van der Waals surface area contributed by atoms with Crippen LogP contribution in [0.1, 0.15) is 10.4 Å². The molecule has 2 aromatic carbocycles. The molecule has 1 aliphatic rings. The summed E-state index contributed by atoms with van der Waals surface area (Å²) in [5.41, 5.74) is 2.11. The van der Waals surface area contributed by atoms with Gasteiger partial charge in [0.15, 0.2) is 4.34 Å². The Labute approximate surface area is 188 Å². The van der Waals surface area contributed by atoms with Gasteiger partial charge in [0.2, 0.25) is 5.91 Å². The molecule has 0 bridgehead atoms. The Morgan fingerprint density at radius 3 is 2.60 bits per heavy atom. The second kappa shape index (κ2) is 9.34. The minimum Gasteiger partial charge on any atom is -0.339 e. The molecule has 1 saturated heterocycles. The van der Waals surface area contributed by atoms with Gasteiger partial charge in [-0.2, -0.15) is 0 Å². The monoisotopic (exact) mass is 460 g/mol. The molecule has 2 heterocycles. The summed E-state index contributed by atoms with van der Waals surface area (Å²) >= 11 is 8.87. The van der Waals surface area contributed by atoms with Gasteiger partial charge in [0.05, 0.1) is 16.0 Å². The van der Waals surface area contributed by atoms with Crippen LogP contribution in [0.5, 0.6) is 0 Å². The number of fused-ring (bicyclic) bond motifs is 1. The van der Waals surface area contributed by atoms with Crippen molar-refractivity contribution in [3.63, 3.8) is 0 Å². The van der Waals surface area contributed by atoms with E-state index in [9.17, 15) is 9.59 Å². The Morgan fingerprint density at radius 1 is 1.13 bits per heavy atom. The summed E-state index contributed by atoms with van der Waals surface area (Å²) in [6.07, 6.45) is 0. The molecule has 0 radical (unpaired) electrons. The van der Waals surface area contributed by atoms with Crippen LogP contribution in [0.15, 0.2) is 46.8 Å². The molecule has 6 nitrogen and oxygen atoms in total. The number of hydrogen-bond donors (Lipinski definition) is 1. The van der Waals surface area contributed by atoms with Crippen molar-refractivity contribution in [2.75, 3.05) is 44.3 Å². The van der Waals surface area contributed by atoms with Gasteiger partial charge in [0, 0.05) is 42.5 Å². The Morgan fingerprint density at radius 2 is 1.87 bits per heavy atom. The van der Waals surface area contributed by atoms with Gasteiger partial charge < -0.3 is 15.1 Å². The minimum atomic E-state index is -0.192. The van der Waals surface area contributed by atoms with Crippen molar-refractivity contribution < 1.29 is 9.59 Å². The highest BCUT2D eigenvalue weighted by molar-refractivity contribution is 8.01. The highest BCUT2D eigenvalue weighted by Crippen LogP contribution is 2.31. The van der Waals surface area contributed by atoms with Gasteiger partial charge in [-0.1, -0.05) is 23.4 Å². The summed E-state index contributed by atoms with van der Waals surface area (Å²) in [5.74, 6) is 0.357. The van der Waals surface area contributed by atoms with E-state index in [0.29, 0.717) is 22.0 Å². The zero-order chi connectivity index (χ0) is 21.1. The van der Waals surface area contributed by atoms with E-state index in [1.54, 1.807) is 24.3 Å². The molecule has 3 aromatic rings. The van der Waals surface area contributed by atoms with Crippen molar-refractivity contribution in [3.8, 4) is 0 Å². The fourth-order valence-electron chi connectivity index (χ4n) is 3.12. The largest absolute Gasteiger partial charge is 0.339 e. The SMILES string of the molecule is CN1CCN(C(=O)CSc2nc3ccc(NC(=O)c4ccc(Cl)cc4)cc3s2)CC1. The van der Waals surface area contributed by atoms with E-state index in [4.69, 9.17) is 11.6 Å². The summed E-state index contributed by atoms with van der Waals surface area (Å²) in [7, 11) is 2.07. The smallest absolute Gasteiger partial charge is 0.255 e. The Balaban J connectivity index is 1.38. The second-order valence-corrected chi connectivity index (χ2v) is 9.79. The number of nitrogens with zero attached hydrogens (tertiary/aromatic N) is 3. The molecule has 1 fully saturated rings. The molecule has 9 heteroatoms. The van der Waals surface area contributed by atoms with Crippen LogP contribution in [0, 0.1) is 0 Å². The molecule has 0 aliphatic carbocycles. The number of benzene rings is 2. The summed E-state index contributed by atoms with van der Waals surface area (Å²) in [6.45, 7) is 3.41. The molecular formula is C21H21ClN4O2S2. The average molecular weight is 461 g/mol. The lowest BCUT2D eigenvalue weighted by atomic mass is 10.2. The molecule has 0 atom stereocenters. The molecule has 0 unspecified atom stereocenters. The lowest BCUT2D eigenvalue weighted by Crippen LogP contribution is -2.47. The molecule has 1 aliphatic heterocycles. The Hall–Kier alpha value is -2.13. The Bertz CT molecular complexity index is 1060. The fourth-order valence-corrected chi connectivity index (χ4v) is 5.25. The van der Waals surface area contributed by atoms with Crippen LogP contribution in [0.3, 0.4) is 0 Å². The number of nitrogens with one attached hydrogen (secondary N) is 1. The van der Waals surface area contributed by atoms with Crippen molar-refractivity contribution in [1.29, 1.82) is 0 Å². The first kappa shape index (κ1) is 21.1. The summed E-state index contributed by atoms with van der Waals surface area (Å²) in [4.78, 5) is 33.6. The number of rotatable bonds is 5. The average Bonchev–Trinajstić information content (AvgIpc) is 3.15. The molecule has 30 heavy (non-hydrogen) atoms. The first-order chi connectivity index (χ1) is 14.5. The van der Waals surface area contributed by atoms with Gasteiger partial charge in [-0.3, -0.25) is 9.59 Å². The molecule has 1 aromatic heterocycles. The van der Waals surface area contributed by atoms with E-state index in [-0.39, 0.29) is 11.8 Å². The number of amides is 2. The van der Waals surface area contributed by atoms with Crippen molar-refractivity contribution in [2.45, 2.75) is 4.34 Å². The first-order valence-corrected chi connectivity index (χ1v) is 11.7. The van der Waals surface area contributed by atoms with Gasteiger partial charge in [-0.25, -0.2) is 4.98 Å². The number of piperazine rings is 1. The third-order valence-electron chi connectivity index (χ3n) is 4.91. The van der Waals surface area contributed by atoms with E-state index >= 15 is 0 Å². The number of thiazole rings is 1. The second-order valence-electron chi connectivity index (χ2n) is 7.10. The van der Waals surface area contributed by atoms with E-state index in [1.165, 1.54) is 23.1 Å². The zero-order valence-corrected chi connectivity index (χ0v) is 18.8. The van der Waals surface area contributed by atoms with E-state index in [1.807, 2.05) is 23.1 Å². The van der Waals surface area contributed by atoms with Gasteiger partial charge in [-0.05, 0) is 49.5 Å². The summed E-state index contributed by atoms with van der Waals surface area (Å²) in [5, 5.41) is 3.49. The topological polar surface area (TPSA) is 65.5 Å². The first-order valence-electron chi connectivity index (χ1n) is 9.54. The molecule has 4 rings (SSSR count). The van der Waals surface area contributed by atoms with Gasteiger partial charge >= 0.3 is 0 Å². The van der Waals surface area contributed by atoms with Crippen molar-refractivity contribution in [3.05, 3.63) is 53.1 Å². The van der Waals surface area contributed by atoms with Crippen LogP contribution in [-0.2, 0) is 4.79 Å². The van der Waals surface area contributed by atoms with Crippen molar-refractivity contribution in [2.24, 2.45) is 0 Å². The van der Waals surface area contributed by atoms with Crippen LogP contribution in [0.2, 0.25) is 5.02 Å². The van der Waals surface area contributed by atoms with Crippen LogP contribution >= 0.6 is 34.7 Å². The third kappa shape index (κ3) is 5.13. The van der Waals surface area contributed by atoms with Crippen LogP contribution in [0.4, 0.5) is 5.69 Å². The summed E-state index contributed by atoms with van der Waals surface area (Å²) in [6, 6.07) is 12.4. The molecular weight excluding hydrogens is 440 g/mol. The number of carbonyl (C=O) groups is 2. The van der Waals surface area contributed by atoms with Crippen molar-refractivity contribution >= 4 is 62.4 Å². The van der Waals surface area contributed by atoms with E-state index in [2.05, 4.69) is 22.2 Å². The maximum absolute atomic E-state index is 12.4. The molecule has 2 amide bonds. The number of aromatic nitrogens is 1. The van der Waals surface area contributed by atoms with Gasteiger partial charge in [-0.15, -0.1) is 11.3 Å². The Kier molecular flexibility index (Phi) is 6.58. The maximum atomic E-state index is 12.4. The minimum absolute atomic E-state index is 0.156. The van der Waals surface area contributed by atoms with Gasteiger partial charge in [0.1, 0.15) is 0 Å². The third-order valence-corrected chi connectivity index (χ3v) is 7.31. The van der Waals surface area contributed by atoms with Crippen LogP contribution in [-0.4, -0.2) is 65.6 Å². The predicted octanol–water partition coefficient (Wildman–Crippen LogP) is 4.07. The lowest BCUT2D eigenvalue weighted by molar-refractivity contribution is -0.129. The number of thioether (sulfide) groups is 1. The highest BCUT2D eigenvalue weighted by atomic mass is 35.5. The predicted molar refractivity (Wildman–Crippen MR) is 124 cm³/mol. The number of likely N-dealkylation sites (N-methyl/N-ethyl adjacent to an activating group) is 1. The number of halogens is 1. The highest BCUT2D eigenvalue weighted by Gasteiger charge is 2.19. The van der Waals surface area contributed by atoms with Crippen LogP contribution < -0.4 is 5.32 Å². The quantitative estimate of drug-likeness (QED) is 0.581. The van der Waals surface area contributed by atoms with Crippen molar-refractivity contribution in [1.82, 2.24) is 14.8 Å². The fraction of sp³-hybridized carbons (Fsp3) is 0.286. The van der Waals surface area contributed by atoms with Crippen LogP contribution in [0.25, 0.3) is 10.2 Å². The van der Waals surface area contributed by atoms with E-state index < -0.39 is 0 Å².